The third-order valence-corrected chi connectivity index (χ3v) is 5.63. The number of esters is 2. The molecular weight excluding hydrogens is 336 g/mol. The summed E-state index contributed by atoms with van der Waals surface area (Å²) in [5.41, 5.74) is 0.172. The largest absolute Gasteiger partial charge is 0.458 e. The lowest BCUT2D eigenvalue weighted by Crippen LogP contribution is -2.44. The monoisotopic (exact) mass is 360 g/mol. The number of allylic oxidation sites excluding steroid dienone is 1. The summed E-state index contributed by atoms with van der Waals surface area (Å²) in [7, 11) is 0. The van der Waals surface area contributed by atoms with Crippen LogP contribution in [-0.4, -0.2) is 46.6 Å². The second kappa shape index (κ2) is 6.52. The summed E-state index contributed by atoms with van der Waals surface area (Å²) in [6.07, 6.45) is 3.97. The van der Waals surface area contributed by atoms with E-state index in [4.69, 9.17) is 14.6 Å². The fraction of sp³-hybridized carbons (Fsp3) is 0.500. The van der Waals surface area contributed by atoms with Gasteiger partial charge >= 0.3 is 11.9 Å². The Kier molecular flexibility index (Phi) is 4.67. The summed E-state index contributed by atoms with van der Waals surface area (Å²) >= 11 is 0. The summed E-state index contributed by atoms with van der Waals surface area (Å²) in [6.45, 7) is 10.9. The van der Waals surface area contributed by atoms with Gasteiger partial charge in [0.1, 0.15) is 12.2 Å². The molecule has 1 saturated heterocycles. The van der Waals surface area contributed by atoms with Crippen LogP contribution in [0.4, 0.5) is 0 Å². The Morgan fingerprint density at radius 2 is 2.19 bits per heavy atom. The average Bonchev–Trinajstić information content (AvgIpc) is 2.98. The fourth-order valence-electron chi connectivity index (χ4n) is 4.25. The molecular formula is C20H24O6. The molecule has 2 aliphatic carbocycles. The highest BCUT2D eigenvalue weighted by Gasteiger charge is 2.58. The standard InChI is InChI=1S/C20H24O6/c1-10(6-8-21)18(22)25-14-9-11(2)13-5-7-20(4,24)16(13)17-15(14)12(3)19(23)26-17/h5-7,13-17,21,24H,2-3,8-9H2,1,4H3/t13-,14+,15+,16-,17-,20+/m0/s1. The first-order valence-electron chi connectivity index (χ1n) is 8.65. The number of rotatable bonds is 3. The molecule has 6 nitrogen and oxygen atoms in total. The molecule has 2 fully saturated rings. The molecule has 0 unspecified atom stereocenters. The number of aliphatic hydroxyl groups excluding tert-OH is 1. The number of hydrogen-bond donors (Lipinski definition) is 2. The van der Waals surface area contributed by atoms with E-state index in [1.165, 1.54) is 6.08 Å². The van der Waals surface area contributed by atoms with E-state index in [9.17, 15) is 14.7 Å². The molecule has 140 valence electrons. The molecule has 0 aromatic heterocycles. The Morgan fingerprint density at radius 3 is 2.85 bits per heavy atom. The molecule has 1 heterocycles. The first kappa shape index (κ1) is 18.6. The molecule has 6 heteroatoms. The van der Waals surface area contributed by atoms with E-state index in [0.29, 0.717) is 6.42 Å². The van der Waals surface area contributed by atoms with Gasteiger partial charge in [-0.2, -0.15) is 0 Å². The second-order valence-electron chi connectivity index (χ2n) is 7.43. The van der Waals surface area contributed by atoms with Crippen molar-refractivity contribution in [2.45, 2.75) is 38.1 Å². The number of ether oxygens (including phenoxy) is 2. The van der Waals surface area contributed by atoms with Crippen molar-refractivity contribution in [1.82, 2.24) is 0 Å². The SMILES string of the molecule is C=C1C(=O)O[C@H]2[C@H]1[C@H](OC(=O)C(C)=CCO)CC(=C)[C@@H]1C=C[C@@](C)(O)[C@H]21. The minimum atomic E-state index is -1.16. The van der Waals surface area contributed by atoms with Crippen molar-refractivity contribution < 1.29 is 29.3 Å². The van der Waals surface area contributed by atoms with Crippen molar-refractivity contribution >= 4 is 11.9 Å². The van der Waals surface area contributed by atoms with Crippen LogP contribution in [-0.2, 0) is 19.1 Å². The lowest BCUT2D eigenvalue weighted by molar-refractivity contribution is -0.151. The van der Waals surface area contributed by atoms with Crippen LogP contribution in [0.3, 0.4) is 0 Å². The maximum atomic E-state index is 12.3. The Balaban J connectivity index is 1.97. The van der Waals surface area contributed by atoms with Gasteiger partial charge in [0.25, 0.3) is 0 Å². The maximum absolute atomic E-state index is 12.3. The normalized spacial score (nSPS) is 39.3. The molecule has 1 aliphatic heterocycles. The van der Waals surface area contributed by atoms with Crippen LogP contribution in [0.5, 0.6) is 0 Å². The summed E-state index contributed by atoms with van der Waals surface area (Å²) < 4.78 is 11.2. The molecule has 3 aliphatic rings. The zero-order chi connectivity index (χ0) is 19.2. The van der Waals surface area contributed by atoms with Gasteiger partial charge in [-0.1, -0.05) is 30.9 Å². The van der Waals surface area contributed by atoms with Crippen LogP contribution in [0.2, 0.25) is 0 Å². The van der Waals surface area contributed by atoms with Gasteiger partial charge in [0, 0.05) is 29.4 Å². The molecule has 0 amide bonds. The Hall–Kier alpha value is -2.18. The Morgan fingerprint density at radius 1 is 1.50 bits per heavy atom. The van der Waals surface area contributed by atoms with Gasteiger partial charge in [0.05, 0.1) is 18.1 Å². The number of hydrogen-bond acceptors (Lipinski definition) is 6. The fourth-order valence-corrected chi connectivity index (χ4v) is 4.25. The van der Waals surface area contributed by atoms with Crippen molar-refractivity contribution in [3.8, 4) is 0 Å². The molecule has 2 N–H and O–H groups in total. The minimum absolute atomic E-state index is 0.172. The van der Waals surface area contributed by atoms with Gasteiger partial charge in [-0.15, -0.1) is 0 Å². The molecule has 6 atom stereocenters. The van der Waals surface area contributed by atoms with Gasteiger partial charge in [-0.05, 0) is 19.9 Å². The summed E-state index contributed by atoms with van der Waals surface area (Å²) in [6, 6.07) is 0. The van der Waals surface area contributed by atoms with Crippen LogP contribution >= 0.6 is 0 Å². The van der Waals surface area contributed by atoms with Crippen molar-refractivity contribution in [1.29, 1.82) is 0 Å². The smallest absolute Gasteiger partial charge is 0.334 e. The highest BCUT2D eigenvalue weighted by molar-refractivity contribution is 5.92. The van der Waals surface area contributed by atoms with Gasteiger partial charge in [-0.3, -0.25) is 0 Å². The lowest BCUT2D eigenvalue weighted by Gasteiger charge is -2.34. The van der Waals surface area contributed by atoms with Crippen LogP contribution in [0.1, 0.15) is 20.3 Å². The zero-order valence-corrected chi connectivity index (χ0v) is 15.0. The topological polar surface area (TPSA) is 93.1 Å². The number of aliphatic hydroxyl groups is 2. The van der Waals surface area contributed by atoms with Crippen molar-refractivity contribution in [3.63, 3.8) is 0 Å². The first-order chi connectivity index (χ1) is 12.2. The quantitative estimate of drug-likeness (QED) is 0.450. The molecule has 1 saturated carbocycles. The highest BCUT2D eigenvalue weighted by Crippen LogP contribution is 2.51. The van der Waals surface area contributed by atoms with Crippen LogP contribution in [0, 0.1) is 17.8 Å². The molecule has 3 rings (SSSR count). The predicted molar refractivity (Wildman–Crippen MR) is 93.7 cm³/mol. The van der Waals surface area contributed by atoms with Crippen molar-refractivity contribution in [3.05, 3.63) is 48.1 Å². The van der Waals surface area contributed by atoms with Gasteiger partial charge < -0.3 is 19.7 Å². The highest BCUT2D eigenvalue weighted by atomic mass is 16.6. The Labute approximate surface area is 152 Å². The number of fused-ring (bicyclic) bond motifs is 3. The van der Waals surface area contributed by atoms with E-state index in [-0.39, 0.29) is 23.7 Å². The molecule has 0 aromatic rings. The van der Waals surface area contributed by atoms with E-state index in [1.807, 2.05) is 6.08 Å². The van der Waals surface area contributed by atoms with Crippen LogP contribution < -0.4 is 0 Å². The predicted octanol–water partition coefficient (Wildman–Crippen LogP) is 1.45. The van der Waals surface area contributed by atoms with E-state index < -0.39 is 41.6 Å². The van der Waals surface area contributed by atoms with E-state index in [0.717, 1.165) is 5.57 Å². The van der Waals surface area contributed by atoms with Crippen molar-refractivity contribution in [2.75, 3.05) is 6.61 Å². The van der Waals surface area contributed by atoms with Crippen LogP contribution in [0.25, 0.3) is 0 Å². The van der Waals surface area contributed by atoms with E-state index in [2.05, 4.69) is 13.2 Å². The second-order valence-corrected chi connectivity index (χ2v) is 7.43. The van der Waals surface area contributed by atoms with Crippen molar-refractivity contribution in [2.24, 2.45) is 17.8 Å². The number of carbonyl (C=O) groups is 2. The molecule has 0 spiro atoms. The Bertz CT molecular complexity index is 729. The third-order valence-electron chi connectivity index (χ3n) is 5.63. The first-order valence-corrected chi connectivity index (χ1v) is 8.65. The van der Waals surface area contributed by atoms with Gasteiger partial charge in [0.15, 0.2) is 0 Å². The molecule has 0 aromatic carbocycles. The molecule has 0 bridgehead atoms. The van der Waals surface area contributed by atoms with E-state index >= 15 is 0 Å². The zero-order valence-electron chi connectivity index (χ0n) is 15.0. The summed E-state index contributed by atoms with van der Waals surface area (Å²) in [4.78, 5) is 24.5. The van der Waals surface area contributed by atoms with Gasteiger partial charge in [-0.25, -0.2) is 9.59 Å². The lowest BCUT2D eigenvalue weighted by atomic mass is 9.76. The summed E-state index contributed by atoms with van der Waals surface area (Å²) in [5.74, 6) is -2.23. The molecule has 26 heavy (non-hydrogen) atoms. The minimum Gasteiger partial charge on any atom is -0.458 e. The van der Waals surface area contributed by atoms with Gasteiger partial charge in [0.2, 0.25) is 0 Å². The summed E-state index contributed by atoms with van der Waals surface area (Å²) in [5, 5.41) is 19.7. The maximum Gasteiger partial charge on any atom is 0.334 e. The third kappa shape index (κ3) is 2.93. The van der Waals surface area contributed by atoms with Crippen LogP contribution in [0.15, 0.2) is 48.1 Å². The average molecular weight is 360 g/mol. The number of carbonyl (C=O) groups excluding carboxylic acids is 2. The van der Waals surface area contributed by atoms with E-state index in [1.54, 1.807) is 19.9 Å². The molecule has 0 radical (unpaired) electrons.